The minimum absolute atomic E-state index is 0.201. The number of carboxylic acid groups (broad SMARTS) is 5. The minimum atomic E-state index is -2.17. The molecule has 1 fully saturated rings. The van der Waals surface area contributed by atoms with E-state index >= 15 is 0 Å². The number of benzene rings is 2. The molecule has 30 nitrogen and oxygen atoms in total. The van der Waals surface area contributed by atoms with Crippen molar-refractivity contribution in [2.45, 2.75) is 119 Å². The van der Waals surface area contributed by atoms with Gasteiger partial charge in [0.05, 0.1) is 31.8 Å². The number of primary amides is 1. The Morgan fingerprint density at radius 3 is 1.38 bits per heavy atom. The average molecular weight is 1090 g/mol. The third kappa shape index (κ3) is 22.8. The maximum absolute atomic E-state index is 14.1. The van der Waals surface area contributed by atoms with Gasteiger partial charge >= 0.3 is 29.8 Å². The Hall–Kier alpha value is -9.22. The summed E-state index contributed by atoms with van der Waals surface area (Å²) in [6, 6.07) is -1.19. The molecule has 0 unspecified atom stereocenters. The molecule has 77 heavy (non-hydrogen) atoms. The minimum Gasteiger partial charge on any atom is -0.508 e. The van der Waals surface area contributed by atoms with E-state index in [4.69, 9.17) is 10.8 Å². The molecule has 0 spiro atoms. The van der Waals surface area contributed by atoms with Crippen LogP contribution < -0.4 is 53.6 Å². The monoisotopic (exact) mass is 1080 g/mol. The summed E-state index contributed by atoms with van der Waals surface area (Å²) in [5.41, 5.74) is 5.99. The van der Waals surface area contributed by atoms with Gasteiger partial charge in [0, 0.05) is 25.7 Å². The number of aliphatic carboxylic acids is 5. The fraction of sp³-hybridized carbons (Fsp3) is 0.447. The molecule has 418 valence electrons. The third-order valence-corrected chi connectivity index (χ3v) is 11.3. The summed E-state index contributed by atoms with van der Waals surface area (Å²) in [6.45, 7) is -0.0874. The Balaban J connectivity index is 1.92. The summed E-state index contributed by atoms with van der Waals surface area (Å²) in [6.07, 6.45) is -5.80. The van der Waals surface area contributed by atoms with E-state index in [0.717, 1.165) is 0 Å². The molecular formula is C47H60N10O20. The van der Waals surface area contributed by atoms with Gasteiger partial charge in [0.25, 0.3) is 0 Å². The lowest BCUT2D eigenvalue weighted by Gasteiger charge is -2.27. The van der Waals surface area contributed by atoms with Gasteiger partial charge in [0.2, 0.25) is 53.2 Å². The first kappa shape index (κ1) is 62.1. The second-order valence-corrected chi connectivity index (χ2v) is 17.5. The standard InChI is InChI=1S/C47H60N10O20/c48-34(59)19-31(56-43(72)29(17-23-5-2-1-3-6-23)54-45(74)32(20-38(65)66)51-35(60)22-50-40(69)26-7-4-16-49-26)44(73)57-33(21-39(67)68)46(75)55-30(18-24-8-10-25(58)11-9-24)42(71)52-27(12-14-36(61)62)41(70)53-28(47(76)77)13-15-37(63)64/h1-3,5-6,8-11,26-33,49,58H,4,7,12-22H2,(H2,48,59)(H,50,69)(H,51,60)(H,52,71)(H,53,70)(H,54,74)(H,55,75)(H,56,72)(H,57,73)(H,61,62)(H,63,64)(H,65,66)(H,67,68)(H,76,77)/t26-,27-,28-,29-,30-,31-,32-,33-/m0/s1. The first-order chi connectivity index (χ1) is 36.3. The van der Waals surface area contributed by atoms with Gasteiger partial charge in [0.15, 0.2) is 0 Å². The molecule has 8 atom stereocenters. The first-order valence-corrected chi connectivity index (χ1v) is 23.6. The van der Waals surface area contributed by atoms with Crippen molar-refractivity contribution in [3.63, 3.8) is 0 Å². The highest BCUT2D eigenvalue weighted by Crippen LogP contribution is 2.14. The lowest BCUT2D eigenvalue weighted by molar-refractivity contribution is -0.144. The van der Waals surface area contributed by atoms with Crippen LogP contribution in [0.5, 0.6) is 5.75 Å². The van der Waals surface area contributed by atoms with Crippen molar-refractivity contribution in [2.24, 2.45) is 5.73 Å². The Labute approximate surface area is 437 Å². The van der Waals surface area contributed by atoms with Crippen LogP contribution in [0, 0.1) is 0 Å². The summed E-state index contributed by atoms with van der Waals surface area (Å²) in [5.74, 6) is -18.7. The number of aromatic hydroxyl groups is 1. The second-order valence-electron chi connectivity index (χ2n) is 17.5. The van der Waals surface area contributed by atoms with Gasteiger partial charge in [-0.3, -0.25) is 62.3 Å². The molecule has 17 N–H and O–H groups in total. The van der Waals surface area contributed by atoms with Gasteiger partial charge in [-0.2, -0.15) is 0 Å². The van der Waals surface area contributed by atoms with Crippen molar-refractivity contribution >= 4 is 83.0 Å². The number of amides is 9. The van der Waals surface area contributed by atoms with Gasteiger partial charge in [0.1, 0.15) is 48.0 Å². The molecule has 1 aliphatic rings. The highest BCUT2D eigenvalue weighted by atomic mass is 16.4. The zero-order valence-electron chi connectivity index (χ0n) is 41.0. The Kier molecular flexibility index (Phi) is 24.9. The van der Waals surface area contributed by atoms with Crippen LogP contribution in [0.25, 0.3) is 0 Å². The van der Waals surface area contributed by atoms with Crippen LogP contribution in [-0.2, 0) is 80.0 Å². The van der Waals surface area contributed by atoms with E-state index in [9.17, 15) is 92.7 Å². The third-order valence-electron chi connectivity index (χ3n) is 11.3. The van der Waals surface area contributed by atoms with E-state index in [0.29, 0.717) is 24.9 Å². The summed E-state index contributed by atoms with van der Waals surface area (Å²) < 4.78 is 0. The zero-order valence-corrected chi connectivity index (χ0v) is 41.0. The number of nitrogens with two attached hydrogens (primary N) is 1. The number of carboxylic acids is 5. The van der Waals surface area contributed by atoms with Crippen molar-refractivity contribution in [3.05, 3.63) is 65.7 Å². The van der Waals surface area contributed by atoms with Gasteiger partial charge in [-0.05, 0) is 55.5 Å². The largest absolute Gasteiger partial charge is 0.508 e. The number of phenols is 1. The first-order valence-electron chi connectivity index (χ1n) is 23.6. The normalized spacial score (nSPS) is 15.4. The predicted octanol–water partition coefficient (Wildman–Crippen LogP) is -4.92. The number of hydrogen-bond donors (Lipinski definition) is 16. The molecule has 3 rings (SSSR count). The van der Waals surface area contributed by atoms with Crippen molar-refractivity contribution in [3.8, 4) is 5.75 Å². The van der Waals surface area contributed by atoms with Crippen LogP contribution in [0.15, 0.2) is 54.6 Å². The molecule has 0 saturated carbocycles. The van der Waals surface area contributed by atoms with E-state index in [-0.39, 0.29) is 17.7 Å². The number of carbonyl (C=O) groups excluding carboxylic acids is 9. The molecule has 2 aromatic rings. The summed E-state index contributed by atoms with van der Waals surface area (Å²) in [4.78, 5) is 179. The molecule has 1 saturated heterocycles. The van der Waals surface area contributed by atoms with Gasteiger partial charge < -0.3 is 84.2 Å². The molecule has 1 heterocycles. The van der Waals surface area contributed by atoms with Gasteiger partial charge in [-0.1, -0.05) is 42.5 Å². The predicted molar refractivity (Wildman–Crippen MR) is 259 cm³/mol. The van der Waals surface area contributed by atoms with Crippen LogP contribution in [0.4, 0.5) is 0 Å². The van der Waals surface area contributed by atoms with E-state index < -0.39 is 189 Å². The number of phenolic OH excluding ortho intramolecular Hbond substituents is 1. The van der Waals surface area contributed by atoms with Crippen LogP contribution in [0.3, 0.4) is 0 Å². The molecule has 0 aromatic heterocycles. The molecule has 0 aliphatic carbocycles. The lowest BCUT2D eigenvalue weighted by Crippen LogP contribution is -2.61. The molecule has 0 bridgehead atoms. The van der Waals surface area contributed by atoms with Crippen molar-refractivity contribution in [1.82, 2.24) is 47.9 Å². The smallest absolute Gasteiger partial charge is 0.326 e. The molecule has 2 aromatic carbocycles. The molecular weight excluding hydrogens is 1020 g/mol. The number of rotatable bonds is 33. The maximum Gasteiger partial charge on any atom is 0.326 e. The van der Waals surface area contributed by atoms with Crippen molar-refractivity contribution < 1.29 is 97.8 Å². The van der Waals surface area contributed by atoms with Crippen LogP contribution in [-0.4, -0.2) is 175 Å². The SMILES string of the molecule is NC(=O)C[C@H](NC(=O)[C@H](Cc1ccccc1)NC(=O)[C@H](CC(=O)O)NC(=O)CNC(=O)[C@@H]1CCCN1)C(=O)N[C@@H](CC(=O)O)C(=O)N[C@@H](Cc1ccc(O)cc1)C(=O)N[C@@H](CCC(=O)O)C(=O)N[C@@H](CCC(=O)O)C(=O)O. The topological polar surface area (TPSA) is 495 Å². The fourth-order valence-electron chi connectivity index (χ4n) is 7.45. The molecule has 30 heteroatoms. The lowest BCUT2D eigenvalue weighted by atomic mass is 10.0. The second kappa shape index (κ2) is 30.9. The van der Waals surface area contributed by atoms with Crippen LogP contribution >= 0.6 is 0 Å². The van der Waals surface area contributed by atoms with E-state index in [1.54, 1.807) is 18.2 Å². The highest BCUT2D eigenvalue weighted by Gasteiger charge is 2.36. The Bertz CT molecular complexity index is 2510. The quantitative estimate of drug-likeness (QED) is 0.0318. The van der Waals surface area contributed by atoms with Crippen molar-refractivity contribution in [2.75, 3.05) is 13.1 Å². The zero-order chi connectivity index (χ0) is 57.4. The summed E-state index contributed by atoms with van der Waals surface area (Å²) in [5, 5.41) is 77.8. The Morgan fingerprint density at radius 2 is 0.922 bits per heavy atom. The highest BCUT2D eigenvalue weighted by molar-refractivity contribution is 6.00. The van der Waals surface area contributed by atoms with Crippen LogP contribution in [0.2, 0.25) is 0 Å². The molecule has 9 amide bonds. The van der Waals surface area contributed by atoms with Crippen LogP contribution in [0.1, 0.15) is 68.9 Å². The van der Waals surface area contributed by atoms with Gasteiger partial charge in [-0.25, -0.2) is 4.79 Å². The number of carbonyl (C=O) groups is 14. The summed E-state index contributed by atoms with van der Waals surface area (Å²) >= 11 is 0. The number of nitrogens with one attached hydrogen (secondary N) is 9. The Morgan fingerprint density at radius 1 is 0.506 bits per heavy atom. The van der Waals surface area contributed by atoms with Gasteiger partial charge in [-0.15, -0.1) is 0 Å². The average Bonchev–Trinajstić information content (AvgIpc) is 3.90. The molecule has 1 aliphatic heterocycles. The number of hydrogen-bond acceptors (Lipinski definition) is 16. The van der Waals surface area contributed by atoms with E-state index in [2.05, 4.69) is 42.5 Å². The molecule has 0 radical (unpaired) electrons. The van der Waals surface area contributed by atoms with E-state index in [1.807, 2.05) is 5.32 Å². The maximum atomic E-state index is 14.1. The fourth-order valence-corrected chi connectivity index (χ4v) is 7.45. The van der Waals surface area contributed by atoms with E-state index in [1.165, 1.54) is 36.4 Å². The van der Waals surface area contributed by atoms with Crippen molar-refractivity contribution in [1.29, 1.82) is 0 Å². The summed E-state index contributed by atoms with van der Waals surface area (Å²) in [7, 11) is 0.